The summed E-state index contributed by atoms with van der Waals surface area (Å²) in [5.41, 5.74) is 7.62. The van der Waals surface area contributed by atoms with Crippen molar-refractivity contribution in [2.45, 2.75) is 6.42 Å². The van der Waals surface area contributed by atoms with Crippen LogP contribution in [0.3, 0.4) is 0 Å². The first kappa shape index (κ1) is 18.3. The van der Waals surface area contributed by atoms with Crippen LogP contribution in [0.1, 0.15) is 11.3 Å². The van der Waals surface area contributed by atoms with Crippen LogP contribution in [0.15, 0.2) is 73.1 Å². The molecule has 5 heteroatoms. The first-order valence-electron chi connectivity index (χ1n) is 9.11. The summed E-state index contributed by atoms with van der Waals surface area (Å²) in [6, 6.07) is 20.4. The van der Waals surface area contributed by atoms with E-state index in [2.05, 4.69) is 58.4 Å². The number of nitrogens with one attached hydrogen (secondary N) is 1. The molecule has 28 heavy (non-hydrogen) atoms. The fourth-order valence-corrected chi connectivity index (χ4v) is 3.43. The van der Waals surface area contributed by atoms with Gasteiger partial charge >= 0.3 is 0 Å². The zero-order valence-corrected chi connectivity index (χ0v) is 16.6. The van der Waals surface area contributed by atoms with Crippen molar-refractivity contribution in [3.05, 3.63) is 89.3 Å². The third-order valence-electron chi connectivity index (χ3n) is 4.74. The minimum absolute atomic E-state index is 0.713. The molecule has 0 fully saturated rings. The second-order valence-electron chi connectivity index (χ2n) is 6.91. The fraction of sp³-hybridized carbons (Fsp3) is 0.130. The van der Waals surface area contributed by atoms with Crippen LogP contribution in [0.5, 0.6) is 0 Å². The van der Waals surface area contributed by atoms with Crippen LogP contribution in [0.2, 0.25) is 5.02 Å². The number of aromatic amines is 1. The van der Waals surface area contributed by atoms with Crippen LogP contribution in [-0.2, 0) is 6.42 Å². The van der Waals surface area contributed by atoms with E-state index in [4.69, 9.17) is 11.6 Å². The number of rotatable bonds is 5. The molecule has 140 valence electrons. The lowest BCUT2D eigenvalue weighted by Gasteiger charge is -2.13. The number of hydrogen-bond donors (Lipinski definition) is 1. The molecule has 1 N–H and O–H groups in total. The molecule has 0 aliphatic heterocycles. The quantitative estimate of drug-likeness (QED) is 0.494. The molecule has 0 radical (unpaired) electrons. The van der Waals surface area contributed by atoms with Crippen molar-refractivity contribution in [1.82, 2.24) is 15.2 Å². The van der Waals surface area contributed by atoms with Crippen LogP contribution in [-0.4, -0.2) is 29.3 Å². The molecular weight excluding hydrogens is 368 g/mol. The number of halogens is 1. The lowest BCUT2D eigenvalue weighted by molar-refractivity contribution is 0.997. The van der Waals surface area contributed by atoms with Gasteiger partial charge in [-0.2, -0.15) is 5.10 Å². The monoisotopic (exact) mass is 388 g/mol. The molecule has 4 nitrogen and oxygen atoms in total. The zero-order valence-electron chi connectivity index (χ0n) is 15.9. The Balaban J connectivity index is 1.80. The summed E-state index contributed by atoms with van der Waals surface area (Å²) in [4.78, 5) is 6.27. The van der Waals surface area contributed by atoms with Crippen LogP contribution in [0, 0.1) is 0 Å². The van der Waals surface area contributed by atoms with E-state index in [1.807, 2.05) is 48.8 Å². The van der Waals surface area contributed by atoms with Crippen molar-refractivity contribution in [1.29, 1.82) is 0 Å². The average Bonchev–Trinajstić information content (AvgIpc) is 3.13. The van der Waals surface area contributed by atoms with Gasteiger partial charge in [0.05, 0.1) is 0 Å². The van der Waals surface area contributed by atoms with E-state index in [9.17, 15) is 0 Å². The van der Waals surface area contributed by atoms with Crippen molar-refractivity contribution < 1.29 is 0 Å². The van der Waals surface area contributed by atoms with Crippen LogP contribution < -0.4 is 4.90 Å². The lowest BCUT2D eigenvalue weighted by atomic mass is 9.96. The van der Waals surface area contributed by atoms with E-state index in [0.29, 0.717) is 5.02 Å². The second kappa shape index (κ2) is 7.87. The highest BCUT2D eigenvalue weighted by atomic mass is 35.5. The highest BCUT2D eigenvalue weighted by Crippen LogP contribution is 2.34. The van der Waals surface area contributed by atoms with Crippen molar-refractivity contribution in [3.63, 3.8) is 0 Å². The maximum Gasteiger partial charge on any atom is 0.100 e. The van der Waals surface area contributed by atoms with Gasteiger partial charge in [-0.05, 0) is 47.5 Å². The van der Waals surface area contributed by atoms with Crippen molar-refractivity contribution >= 4 is 17.3 Å². The van der Waals surface area contributed by atoms with Crippen LogP contribution >= 0.6 is 11.6 Å². The topological polar surface area (TPSA) is 44.8 Å². The Morgan fingerprint density at radius 3 is 2.39 bits per heavy atom. The van der Waals surface area contributed by atoms with Gasteiger partial charge < -0.3 is 4.90 Å². The smallest absolute Gasteiger partial charge is 0.100 e. The number of hydrogen-bond acceptors (Lipinski definition) is 3. The minimum Gasteiger partial charge on any atom is -0.378 e. The zero-order chi connectivity index (χ0) is 19.5. The molecule has 4 aromatic rings. The Bertz CT molecular complexity index is 1070. The first-order valence-corrected chi connectivity index (χ1v) is 9.49. The number of aromatic nitrogens is 3. The summed E-state index contributed by atoms with van der Waals surface area (Å²) in [5, 5.41) is 8.63. The van der Waals surface area contributed by atoms with Gasteiger partial charge in [-0.1, -0.05) is 35.9 Å². The SMILES string of the molecule is CN(C)c1cccc(Cc2[nH]nc(-c3ccc(Cl)cc3)c2-c2ccncc2)c1. The lowest BCUT2D eigenvalue weighted by Crippen LogP contribution is -2.08. The van der Waals surface area contributed by atoms with Gasteiger partial charge in [0.1, 0.15) is 5.69 Å². The Kier molecular flexibility index (Phi) is 5.13. The molecule has 2 aromatic heterocycles. The second-order valence-corrected chi connectivity index (χ2v) is 7.35. The highest BCUT2D eigenvalue weighted by Gasteiger charge is 2.17. The molecule has 0 aliphatic rings. The van der Waals surface area contributed by atoms with Gasteiger partial charge in [0, 0.05) is 60.4 Å². The fourth-order valence-electron chi connectivity index (χ4n) is 3.30. The number of nitrogens with zero attached hydrogens (tertiary/aromatic N) is 3. The van der Waals surface area contributed by atoms with E-state index in [1.165, 1.54) is 11.3 Å². The van der Waals surface area contributed by atoms with Crippen LogP contribution in [0.4, 0.5) is 5.69 Å². The Morgan fingerprint density at radius 1 is 0.929 bits per heavy atom. The Labute approximate surface area is 169 Å². The molecule has 2 aromatic carbocycles. The molecule has 0 spiro atoms. The van der Waals surface area contributed by atoms with Crippen molar-refractivity contribution in [2.24, 2.45) is 0 Å². The highest BCUT2D eigenvalue weighted by molar-refractivity contribution is 6.30. The number of H-pyrrole nitrogens is 1. The van der Waals surface area contributed by atoms with Gasteiger partial charge in [0.15, 0.2) is 0 Å². The molecule has 2 heterocycles. The Hall–Kier alpha value is -3.11. The van der Waals surface area contributed by atoms with Gasteiger partial charge in [-0.25, -0.2) is 0 Å². The summed E-state index contributed by atoms with van der Waals surface area (Å²) in [6.07, 6.45) is 4.38. The summed E-state index contributed by atoms with van der Waals surface area (Å²) in [6.45, 7) is 0. The standard InChI is InChI=1S/C23H21ClN4/c1-28(2)20-5-3-4-16(14-20)15-21-22(17-10-12-25-13-11-17)23(27-26-21)18-6-8-19(24)9-7-18/h3-14H,15H2,1-2H3,(H,26,27). The molecule has 4 rings (SSSR count). The number of anilines is 1. The average molecular weight is 389 g/mol. The molecule has 0 bridgehead atoms. The molecule has 0 saturated heterocycles. The predicted molar refractivity (Wildman–Crippen MR) is 116 cm³/mol. The summed E-state index contributed by atoms with van der Waals surface area (Å²) in [7, 11) is 4.10. The number of benzene rings is 2. The van der Waals surface area contributed by atoms with E-state index in [1.54, 1.807) is 0 Å². The molecule has 0 amide bonds. The number of pyridine rings is 1. The van der Waals surface area contributed by atoms with Gasteiger partial charge in [-0.3, -0.25) is 10.1 Å². The molecule has 0 aliphatic carbocycles. The molecule has 0 atom stereocenters. The van der Waals surface area contributed by atoms with Gasteiger partial charge in [0.25, 0.3) is 0 Å². The normalized spacial score (nSPS) is 10.8. The maximum atomic E-state index is 6.07. The summed E-state index contributed by atoms with van der Waals surface area (Å²) in [5.74, 6) is 0. The molecule has 0 saturated carbocycles. The summed E-state index contributed by atoms with van der Waals surface area (Å²) < 4.78 is 0. The van der Waals surface area contributed by atoms with Gasteiger partial charge in [0.2, 0.25) is 0 Å². The van der Waals surface area contributed by atoms with Crippen molar-refractivity contribution in [3.8, 4) is 22.4 Å². The maximum absolute atomic E-state index is 6.07. The van der Waals surface area contributed by atoms with E-state index >= 15 is 0 Å². The van der Waals surface area contributed by atoms with Gasteiger partial charge in [-0.15, -0.1) is 0 Å². The summed E-state index contributed by atoms with van der Waals surface area (Å²) >= 11 is 6.07. The van der Waals surface area contributed by atoms with Crippen LogP contribution in [0.25, 0.3) is 22.4 Å². The van der Waals surface area contributed by atoms with E-state index in [0.717, 1.165) is 34.5 Å². The van der Waals surface area contributed by atoms with E-state index in [-0.39, 0.29) is 0 Å². The predicted octanol–water partition coefficient (Wildman–Crippen LogP) is 5.45. The third kappa shape index (κ3) is 3.78. The first-order chi connectivity index (χ1) is 13.6. The third-order valence-corrected chi connectivity index (χ3v) is 4.99. The van der Waals surface area contributed by atoms with Crippen molar-refractivity contribution in [2.75, 3.05) is 19.0 Å². The molecular formula is C23H21ClN4. The largest absolute Gasteiger partial charge is 0.378 e. The van der Waals surface area contributed by atoms with E-state index < -0.39 is 0 Å². The molecule has 0 unspecified atom stereocenters. The Morgan fingerprint density at radius 2 is 1.68 bits per heavy atom. The minimum atomic E-state index is 0.713.